The highest BCUT2D eigenvalue weighted by Gasteiger charge is 2.27. The topological polar surface area (TPSA) is 145 Å². The number of rotatable bonds is 11. The van der Waals surface area contributed by atoms with Crippen molar-refractivity contribution in [3.8, 4) is 0 Å². The maximum atomic E-state index is 9.96. The smallest absolute Gasteiger partial charge is 0.230 e. The average molecular weight is 491 g/mol. The van der Waals surface area contributed by atoms with Gasteiger partial charge in [0, 0.05) is 45.8 Å². The number of aromatic nitrogens is 4. The molecule has 2 fully saturated rings. The van der Waals surface area contributed by atoms with Gasteiger partial charge in [-0.3, -0.25) is 0 Å². The molecule has 4 N–H and O–H groups in total. The highest BCUT2D eigenvalue weighted by atomic mass is 16.3. The molecule has 0 amide bonds. The van der Waals surface area contributed by atoms with Crippen molar-refractivity contribution in [1.82, 2.24) is 19.9 Å². The zero-order valence-electron chi connectivity index (χ0n) is 20.4. The zero-order chi connectivity index (χ0) is 24.6. The summed E-state index contributed by atoms with van der Waals surface area (Å²) in [5.74, 6) is 2.17. The van der Waals surface area contributed by atoms with Crippen LogP contribution in [0.25, 0.3) is 11.0 Å². The van der Waals surface area contributed by atoms with Gasteiger partial charge < -0.3 is 40.0 Å². The van der Waals surface area contributed by atoms with Crippen LogP contribution in [0.3, 0.4) is 0 Å². The first-order chi connectivity index (χ1) is 17.2. The molecule has 0 saturated carbocycles. The minimum Gasteiger partial charge on any atom is -0.395 e. The van der Waals surface area contributed by atoms with Crippen molar-refractivity contribution in [2.24, 2.45) is 0 Å². The molecule has 194 valence electrons. The summed E-state index contributed by atoms with van der Waals surface area (Å²) in [4.78, 5) is 27.2. The van der Waals surface area contributed by atoms with Gasteiger partial charge >= 0.3 is 0 Å². The summed E-state index contributed by atoms with van der Waals surface area (Å²) in [5, 5.41) is 38.7. The fraction of sp³-hybridized carbons (Fsp3) is 0.739. The number of piperidine rings is 2. The highest BCUT2D eigenvalue weighted by molar-refractivity contribution is 5.95. The van der Waals surface area contributed by atoms with E-state index in [9.17, 15) is 20.4 Å². The molecule has 2 saturated heterocycles. The number of aliphatic hydroxyl groups excluding tert-OH is 4. The molecule has 0 bridgehead atoms. The van der Waals surface area contributed by atoms with Crippen molar-refractivity contribution >= 4 is 34.6 Å². The van der Waals surface area contributed by atoms with E-state index in [4.69, 9.17) is 19.9 Å². The standard InChI is InChI=1S/C23H38N8O4/c32-14-11-30(12-15-33)22-24-18-19(20(26-22)28-7-3-1-4-8-28)25-23(31(17-35)13-16-34)27-21(18)29-9-5-2-6-10-29/h32-35H,1-17H2. The fourth-order valence-electron chi connectivity index (χ4n) is 4.81. The molecular weight excluding hydrogens is 452 g/mol. The predicted molar refractivity (Wildman–Crippen MR) is 135 cm³/mol. The van der Waals surface area contributed by atoms with Crippen LogP contribution in [0.4, 0.5) is 23.5 Å². The predicted octanol–water partition coefficient (Wildman–Crippen LogP) is -0.0601. The van der Waals surface area contributed by atoms with E-state index in [-0.39, 0.29) is 33.1 Å². The maximum Gasteiger partial charge on any atom is 0.230 e. The van der Waals surface area contributed by atoms with Gasteiger partial charge in [0.05, 0.1) is 19.8 Å². The third-order valence-corrected chi connectivity index (χ3v) is 6.64. The lowest BCUT2D eigenvalue weighted by Crippen LogP contribution is -2.36. The molecule has 0 atom stereocenters. The van der Waals surface area contributed by atoms with Crippen molar-refractivity contribution in [3.63, 3.8) is 0 Å². The normalized spacial score (nSPS) is 16.7. The van der Waals surface area contributed by atoms with E-state index in [2.05, 4.69) is 9.80 Å². The molecule has 35 heavy (non-hydrogen) atoms. The van der Waals surface area contributed by atoms with E-state index in [1.54, 1.807) is 9.80 Å². The Labute approximate surface area is 205 Å². The van der Waals surface area contributed by atoms with E-state index in [1.807, 2.05) is 0 Å². The summed E-state index contributed by atoms with van der Waals surface area (Å²) in [5.41, 5.74) is 1.24. The second-order valence-electron chi connectivity index (χ2n) is 9.05. The first-order valence-electron chi connectivity index (χ1n) is 12.7. The van der Waals surface area contributed by atoms with Crippen molar-refractivity contribution in [1.29, 1.82) is 0 Å². The first-order valence-corrected chi connectivity index (χ1v) is 12.7. The van der Waals surface area contributed by atoms with Gasteiger partial charge in [-0.05, 0) is 38.5 Å². The summed E-state index contributed by atoms with van der Waals surface area (Å²) >= 11 is 0. The molecule has 0 aromatic carbocycles. The molecule has 0 aliphatic carbocycles. The van der Waals surface area contributed by atoms with Gasteiger partial charge in [0.2, 0.25) is 11.9 Å². The van der Waals surface area contributed by atoms with Crippen molar-refractivity contribution in [3.05, 3.63) is 0 Å². The molecule has 2 aliphatic rings. The third kappa shape index (κ3) is 5.83. The van der Waals surface area contributed by atoms with E-state index >= 15 is 0 Å². The van der Waals surface area contributed by atoms with Crippen LogP contribution >= 0.6 is 0 Å². The van der Waals surface area contributed by atoms with Gasteiger partial charge in [-0.15, -0.1) is 0 Å². The molecule has 2 aromatic rings. The van der Waals surface area contributed by atoms with Crippen LogP contribution in [0.5, 0.6) is 0 Å². The molecule has 0 radical (unpaired) electrons. The number of fused-ring (bicyclic) bond motifs is 1. The first kappa shape index (κ1) is 25.5. The molecule has 12 heteroatoms. The summed E-state index contributed by atoms with van der Waals surface area (Å²) in [6.07, 6.45) is 6.56. The van der Waals surface area contributed by atoms with Gasteiger partial charge in [0.15, 0.2) is 11.6 Å². The molecule has 0 spiro atoms. The van der Waals surface area contributed by atoms with Crippen LogP contribution < -0.4 is 19.6 Å². The van der Waals surface area contributed by atoms with Crippen LogP contribution in [0.15, 0.2) is 0 Å². The number of anilines is 4. The van der Waals surface area contributed by atoms with Gasteiger partial charge in [0.1, 0.15) is 17.8 Å². The highest BCUT2D eigenvalue weighted by Crippen LogP contribution is 2.34. The number of hydrogen-bond acceptors (Lipinski definition) is 12. The van der Waals surface area contributed by atoms with Gasteiger partial charge in [-0.1, -0.05) is 0 Å². The molecule has 12 nitrogen and oxygen atoms in total. The molecule has 2 aromatic heterocycles. The Balaban J connectivity index is 1.94. The van der Waals surface area contributed by atoms with Gasteiger partial charge in [-0.25, -0.2) is 9.97 Å². The van der Waals surface area contributed by atoms with Crippen LogP contribution in [0, 0.1) is 0 Å². The Morgan fingerprint density at radius 1 is 0.543 bits per heavy atom. The maximum absolute atomic E-state index is 9.96. The van der Waals surface area contributed by atoms with Crippen LogP contribution in [0.1, 0.15) is 38.5 Å². The van der Waals surface area contributed by atoms with Gasteiger partial charge in [-0.2, -0.15) is 9.97 Å². The SMILES string of the molecule is OCCN(CO)c1nc(N2CCCCC2)c2nc(N(CCO)CCO)nc(N3CCCCC3)c2n1. The molecule has 4 rings (SSSR count). The summed E-state index contributed by atoms with van der Waals surface area (Å²) in [6.45, 7) is 3.60. The van der Waals surface area contributed by atoms with Gasteiger partial charge in [0.25, 0.3) is 0 Å². The third-order valence-electron chi connectivity index (χ3n) is 6.64. The van der Waals surface area contributed by atoms with Crippen LogP contribution in [-0.2, 0) is 0 Å². The zero-order valence-corrected chi connectivity index (χ0v) is 20.4. The molecular formula is C23H38N8O4. The number of aliphatic hydroxyl groups is 4. The minimum absolute atomic E-state index is 0.0819. The Bertz CT molecular complexity index is 947. The van der Waals surface area contributed by atoms with E-state index in [0.717, 1.165) is 51.9 Å². The Kier molecular flexibility index (Phi) is 9.07. The summed E-state index contributed by atoms with van der Waals surface area (Å²) in [6, 6.07) is 0. The fourth-order valence-corrected chi connectivity index (χ4v) is 4.81. The minimum atomic E-state index is -0.315. The lowest BCUT2D eigenvalue weighted by Gasteiger charge is -2.32. The monoisotopic (exact) mass is 490 g/mol. The largest absolute Gasteiger partial charge is 0.395 e. The number of hydrogen-bond donors (Lipinski definition) is 4. The van der Waals surface area contributed by atoms with Crippen LogP contribution in [0.2, 0.25) is 0 Å². The van der Waals surface area contributed by atoms with E-state index in [0.29, 0.717) is 47.7 Å². The molecule has 2 aliphatic heterocycles. The molecule has 4 heterocycles. The summed E-state index contributed by atoms with van der Waals surface area (Å²) < 4.78 is 0. The van der Waals surface area contributed by atoms with Crippen molar-refractivity contribution in [2.75, 3.05) is 92.0 Å². The van der Waals surface area contributed by atoms with E-state index < -0.39 is 0 Å². The molecule has 0 unspecified atom stereocenters. The Hall–Kier alpha value is -2.54. The number of nitrogens with zero attached hydrogens (tertiary/aromatic N) is 8. The van der Waals surface area contributed by atoms with Crippen LogP contribution in [-0.4, -0.2) is 113 Å². The van der Waals surface area contributed by atoms with Crippen molar-refractivity contribution < 1.29 is 20.4 Å². The quantitative estimate of drug-likeness (QED) is 0.313. The second-order valence-corrected chi connectivity index (χ2v) is 9.05. The van der Waals surface area contributed by atoms with E-state index in [1.165, 1.54) is 12.8 Å². The average Bonchev–Trinajstić information content (AvgIpc) is 2.91. The lowest BCUT2D eigenvalue weighted by molar-refractivity contribution is 0.256. The lowest BCUT2D eigenvalue weighted by atomic mass is 10.1. The summed E-state index contributed by atoms with van der Waals surface area (Å²) in [7, 11) is 0. The van der Waals surface area contributed by atoms with Crippen molar-refractivity contribution in [2.45, 2.75) is 38.5 Å². The Morgan fingerprint density at radius 3 is 1.34 bits per heavy atom. The Morgan fingerprint density at radius 2 is 0.943 bits per heavy atom. The second kappa shape index (κ2) is 12.4.